The van der Waals surface area contributed by atoms with Gasteiger partial charge in [-0.2, -0.15) is 0 Å². The standard InChI is InChI=1S/C24H38N2O4/c1-14(2)9-17-13-26-8-7-16-10-21(28-5)22(29-6)11-18(16)19(26)12-20(17)30-24(27)23(25)15(3)4/h10,14-15,17,20,23H,7-9,11-13,25H2,1-6H3/t17-,20-,23+/m1/s1. The SMILES string of the molecule is COC1=C(OC)CC2=C3C[C@@H](OC(=O)[C@@H](N)C(C)C)[C@H](CC(C)C)CN3CCC2=C1. The normalized spacial score (nSPS) is 25.1. The highest BCUT2D eigenvalue weighted by atomic mass is 16.5. The molecule has 0 amide bonds. The molecule has 0 aromatic heterocycles. The van der Waals surface area contributed by atoms with Gasteiger partial charge in [0.1, 0.15) is 17.9 Å². The number of nitrogens with two attached hydrogens (primary N) is 1. The first-order valence-electron chi connectivity index (χ1n) is 11.2. The second kappa shape index (κ2) is 9.46. The number of hydrogen-bond acceptors (Lipinski definition) is 6. The van der Waals surface area contributed by atoms with E-state index < -0.39 is 6.04 Å². The number of carbonyl (C=O) groups is 1. The summed E-state index contributed by atoms with van der Waals surface area (Å²) in [5.41, 5.74) is 9.98. The topological polar surface area (TPSA) is 74.0 Å². The minimum Gasteiger partial charge on any atom is -0.497 e. The Balaban J connectivity index is 1.89. The van der Waals surface area contributed by atoms with Gasteiger partial charge in [0.25, 0.3) is 0 Å². The van der Waals surface area contributed by atoms with Crippen LogP contribution in [0.5, 0.6) is 0 Å². The predicted octanol–water partition coefficient (Wildman–Crippen LogP) is 3.74. The first-order chi connectivity index (χ1) is 14.2. The summed E-state index contributed by atoms with van der Waals surface area (Å²) in [6.07, 6.45) is 5.46. The summed E-state index contributed by atoms with van der Waals surface area (Å²) in [7, 11) is 3.37. The molecule has 3 atom stereocenters. The number of fused-ring (bicyclic) bond motifs is 2. The van der Waals surface area contributed by atoms with Gasteiger partial charge in [-0.15, -0.1) is 0 Å². The van der Waals surface area contributed by atoms with Gasteiger partial charge in [-0.25, -0.2) is 0 Å². The van der Waals surface area contributed by atoms with Crippen molar-refractivity contribution in [3.05, 3.63) is 34.4 Å². The molecule has 6 nitrogen and oxygen atoms in total. The molecule has 2 N–H and O–H groups in total. The van der Waals surface area contributed by atoms with Crippen molar-refractivity contribution in [1.82, 2.24) is 4.90 Å². The van der Waals surface area contributed by atoms with E-state index in [0.717, 1.165) is 50.3 Å². The van der Waals surface area contributed by atoms with Crippen LogP contribution in [0.4, 0.5) is 0 Å². The average molecular weight is 419 g/mol. The number of methoxy groups -OCH3 is 2. The van der Waals surface area contributed by atoms with Crippen molar-refractivity contribution in [3.63, 3.8) is 0 Å². The number of allylic oxidation sites excluding steroid dienone is 2. The summed E-state index contributed by atoms with van der Waals surface area (Å²) < 4.78 is 17.2. The molecular formula is C24H38N2O4. The summed E-state index contributed by atoms with van der Waals surface area (Å²) >= 11 is 0. The summed E-state index contributed by atoms with van der Waals surface area (Å²) in [6.45, 7) is 10.3. The summed E-state index contributed by atoms with van der Waals surface area (Å²) in [4.78, 5) is 15.2. The quantitative estimate of drug-likeness (QED) is 0.635. The molecule has 2 aliphatic heterocycles. The molecule has 0 bridgehead atoms. The summed E-state index contributed by atoms with van der Waals surface area (Å²) in [6, 6.07) is -0.579. The number of carbonyl (C=O) groups excluding carboxylic acids is 1. The summed E-state index contributed by atoms with van der Waals surface area (Å²) in [5, 5.41) is 0. The number of rotatable bonds is 7. The van der Waals surface area contributed by atoms with Crippen LogP contribution in [0.3, 0.4) is 0 Å². The van der Waals surface area contributed by atoms with Crippen molar-refractivity contribution in [3.8, 4) is 0 Å². The molecule has 0 aromatic carbocycles. The van der Waals surface area contributed by atoms with Gasteiger partial charge in [0.05, 0.1) is 14.2 Å². The van der Waals surface area contributed by atoms with Crippen LogP contribution in [0.1, 0.15) is 53.4 Å². The third-order valence-corrected chi connectivity index (χ3v) is 6.56. The lowest BCUT2D eigenvalue weighted by Crippen LogP contribution is -2.48. The lowest BCUT2D eigenvalue weighted by atomic mass is 9.80. The van der Waals surface area contributed by atoms with Crippen molar-refractivity contribution in [2.75, 3.05) is 27.3 Å². The first kappa shape index (κ1) is 22.7. The van der Waals surface area contributed by atoms with Gasteiger partial charge >= 0.3 is 5.97 Å². The molecule has 1 aliphatic carbocycles. The molecule has 3 rings (SSSR count). The van der Waals surface area contributed by atoms with Gasteiger partial charge in [-0.05, 0) is 41.9 Å². The van der Waals surface area contributed by atoms with E-state index >= 15 is 0 Å². The molecule has 6 heteroatoms. The Labute approximate surface area is 181 Å². The molecule has 0 radical (unpaired) electrons. The largest absolute Gasteiger partial charge is 0.497 e. The maximum Gasteiger partial charge on any atom is 0.323 e. The van der Waals surface area contributed by atoms with Gasteiger partial charge in [-0.3, -0.25) is 4.79 Å². The highest BCUT2D eigenvalue weighted by Crippen LogP contribution is 2.43. The Morgan fingerprint density at radius 1 is 1.23 bits per heavy atom. The van der Waals surface area contributed by atoms with Crippen LogP contribution in [-0.4, -0.2) is 50.3 Å². The molecular weight excluding hydrogens is 380 g/mol. The van der Waals surface area contributed by atoms with Crippen LogP contribution in [0, 0.1) is 17.8 Å². The van der Waals surface area contributed by atoms with Crippen LogP contribution in [0.15, 0.2) is 34.4 Å². The third-order valence-electron chi connectivity index (χ3n) is 6.56. The Bertz CT molecular complexity index is 750. The fourth-order valence-corrected chi connectivity index (χ4v) is 4.81. The maximum absolute atomic E-state index is 12.7. The monoisotopic (exact) mass is 418 g/mol. The smallest absolute Gasteiger partial charge is 0.323 e. The molecule has 1 saturated heterocycles. The van der Waals surface area contributed by atoms with Gasteiger partial charge in [-0.1, -0.05) is 27.7 Å². The van der Waals surface area contributed by atoms with Crippen molar-refractivity contribution >= 4 is 5.97 Å². The average Bonchev–Trinajstić information content (AvgIpc) is 2.71. The molecule has 3 aliphatic rings. The van der Waals surface area contributed by atoms with Crippen molar-refractivity contribution in [2.24, 2.45) is 23.5 Å². The molecule has 0 aromatic rings. The zero-order valence-corrected chi connectivity index (χ0v) is 19.4. The molecule has 2 heterocycles. The van der Waals surface area contributed by atoms with Crippen molar-refractivity contribution in [2.45, 2.75) is 65.5 Å². The molecule has 30 heavy (non-hydrogen) atoms. The zero-order valence-electron chi connectivity index (χ0n) is 19.4. The number of ether oxygens (including phenoxy) is 3. The number of hydrogen-bond donors (Lipinski definition) is 1. The Morgan fingerprint density at radius 3 is 2.57 bits per heavy atom. The van der Waals surface area contributed by atoms with Crippen LogP contribution < -0.4 is 5.73 Å². The van der Waals surface area contributed by atoms with E-state index in [9.17, 15) is 4.79 Å². The number of esters is 1. The summed E-state index contributed by atoms with van der Waals surface area (Å²) in [5.74, 6) is 2.31. The Hall–Kier alpha value is -1.95. The van der Waals surface area contributed by atoms with E-state index in [4.69, 9.17) is 19.9 Å². The van der Waals surface area contributed by atoms with Gasteiger partial charge in [0.2, 0.25) is 0 Å². The Kier molecular flexibility index (Phi) is 7.17. The number of piperidine rings is 1. The third kappa shape index (κ3) is 4.69. The molecule has 0 spiro atoms. The van der Waals surface area contributed by atoms with E-state index in [1.165, 1.54) is 16.8 Å². The van der Waals surface area contributed by atoms with Crippen LogP contribution in [0.25, 0.3) is 0 Å². The minimum atomic E-state index is -0.579. The zero-order chi connectivity index (χ0) is 22.0. The van der Waals surface area contributed by atoms with E-state index in [-0.39, 0.29) is 18.0 Å². The molecule has 168 valence electrons. The van der Waals surface area contributed by atoms with Crippen molar-refractivity contribution < 1.29 is 19.0 Å². The van der Waals surface area contributed by atoms with Gasteiger partial charge in [0, 0.05) is 37.5 Å². The van der Waals surface area contributed by atoms with E-state index in [0.29, 0.717) is 11.8 Å². The lowest BCUT2D eigenvalue weighted by molar-refractivity contribution is -0.157. The van der Waals surface area contributed by atoms with Crippen LogP contribution >= 0.6 is 0 Å². The lowest BCUT2D eigenvalue weighted by Gasteiger charge is -2.46. The second-order valence-corrected chi connectivity index (χ2v) is 9.50. The highest BCUT2D eigenvalue weighted by molar-refractivity contribution is 5.76. The minimum absolute atomic E-state index is 0.0626. The van der Waals surface area contributed by atoms with E-state index in [2.05, 4.69) is 24.8 Å². The van der Waals surface area contributed by atoms with Crippen LogP contribution in [0.2, 0.25) is 0 Å². The fourth-order valence-electron chi connectivity index (χ4n) is 4.81. The molecule has 1 fully saturated rings. The maximum atomic E-state index is 12.7. The predicted molar refractivity (Wildman–Crippen MR) is 117 cm³/mol. The van der Waals surface area contributed by atoms with E-state index in [1.807, 2.05) is 13.8 Å². The first-order valence-corrected chi connectivity index (χ1v) is 11.2. The van der Waals surface area contributed by atoms with Crippen LogP contribution in [-0.2, 0) is 19.0 Å². The Morgan fingerprint density at radius 2 is 1.97 bits per heavy atom. The second-order valence-electron chi connectivity index (χ2n) is 9.50. The molecule has 0 unspecified atom stereocenters. The number of nitrogens with zero attached hydrogens (tertiary/aromatic N) is 1. The van der Waals surface area contributed by atoms with Crippen molar-refractivity contribution in [1.29, 1.82) is 0 Å². The fraction of sp³-hybridized carbons (Fsp3) is 0.708. The van der Waals surface area contributed by atoms with Gasteiger partial charge < -0.3 is 24.8 Å². The molecule has 0 saturated carbocycles. The highest BCUT2D eigenvalue weighted by Gasteiger charge is 2.39. The van der Waals surface area contributed by atoms with E-state index in [1.54, 1.807) is 14.2 Å². The van der Waals surface area contributed by atoms with Gasteiger partial charge in [0.15, 0.2) is 5.76 Å².